The van der Waals surface area contributed by atoms with Crippen LogP contribution < -0.4 is 0 Å². The van der Waals surface area contributed by atoms with Crippen molar-refractivity contribution < 1.29 is 31.8 Å². The SMILES string of the molecule is C=C1[C@H](C)C[C@H](CCCOC(=O)C(C)(C)C)O[C@@H]1CC1O[C@H](C[C@H](C)CO[Si](C)(C)C(C)(C)C)[C@H](C)[C@H]1CS(=O)(=O)c1ccccc1. The van der Waals surface area contributed by atoms with Crippen LogP contribution >= 0.6 is 0 Å². The minimum absolute atomic E-state index is 0.0162. The fraction of sp³-hybridized carbons (Fsp3) is 0.763. The zero-order chi connectivity index (χ0) is 35.4. The topological polar surface area (TPSA) is 88.1 Å². The van der Waals surface area contributed by atoms with Crippen LogP contribution in [0.25, 0.3) is 0 Å². The van der Waals surface area contributed by atoms with E-state index in [-0.39, 0.29) is 64.8 Å². The van der Waals surface area contributed by atoms with Gasteiger partial charge in [0, 0.05) is 18.9 Å². The summed E-state index contributed by atoms with van der Waals surface area (Å²) in [6.07, 6.45) is 3.21. The lowest BCUT2D eigenvalue weighted by Gasteiger charge is -2.38. The molecule has 1 aromatic rings. The first-order valence-corrected chi connectivity index (χ1v) is 22.3. The number of ether oxygens (including phenoxy) is 3. The molecule has 268 valence electrons. The normalized spacial score (nSPS) is 28.3. The highest BCUT2D eigenvalue weighted by Gasteiger charge is 2.46. The van der Waals surface area contributed by atoms with Gasteiger partial charge in [-0.05, 0) is 100 Å². The third-order valence-corrected chi connectivity index (χ3v) is 17.1. The minimum Gasteiger partial charge on any atom is -0.465 e. The zero-order valence-electron chi connectivity index (χ0n) is 31.1. The average molecular weight is 693 g/mol. The average Bonchev–Trinajstić information content (AvgIpc) is 3.24. The summed E-state index contributed by atoms with van der Waals surface area (Å²) in [6.45, 7) is 28.9. The summed E-state index contributed by atoms with van der Waals surface area (Å²) in [5.41, 5.74) is 0.524. The van der Waals surface area contributed by atoms with Crippen LogP contribution in [-0.4, -0.2) is 66.1 Å². The molecule has 0 amide bonds. The Labute approximate surface area is 287 Å². The number of carbonyl (C=O) groups is 1. The van der Waals surface area contributed by atoms with Crippen LogP contribution in [0.2, 0.25) is 18.1 Å². The van der Waals surface area contributed by atoms with E-state index >= 15 is 0 Å². The van der Waals surface area contributed by atoms with Crippen LogP contribution in [0.3, 0.4) is 0 Å². The van der Waals surface area contributed by atoms with Gasteiger partial charge in [-0.15, -0.1) is 0 Å². The van der Waals surface area contributed by atoms with E-state index in [0.29, 0.717) is 24.5 Å². The van der Waals surface area contributed by atoms with Gasteiger partial charge in [-0.25, -0.2) is 8.42 Å². The molecule has 0 saturated carbocycles. The fourth-order valence-corrected chi connectivity index (χ4v) is 9.29. The van der Waals surface area contributed by atoms with E-state index in [0.717, 1.165) is 31.3 Å². The molecule has 47 heavy (non-hydrogen) atoms. The highest BCUT2D eigenvalue weighted by molar-refractivity contribution is 7.91. The van der Waals surface area contributed by atoms with Crippen LogP contribution in [-0.2, 0) is 33.3 Å². The van der Waals surface area contributed by atoms with Crippen LogP contribution in [0, 0.1) is 29.1 Å². The largest absolute Gasteiger partial charge is 0.465 e. The molecule has 0 N–H and O–H groups in total. The van der Waals surface area contributed by atoms with Crippen molar-refractivity contribution in [2.75, 3.05) is 19.0 Å². The van der Waals surface area contributed by atoms with Crippen molar-refractivity contribution in [1.29, 1.82) is 0 Å². The summed E-state index contributed by atoms with van der Waals surface area (Å²) in [5.74, 6) is 0.259. The molecule has 1 unspecified atom stereocenters. The van der Waals surface area contributed by atoms with Crippen molar-refractivity contribution in [2.45, 2.75) is 142 Å². The van der Waals surface area contributed by atoms with Crippen molar-refractivity contribution in [3.63, 3.8) is 0 Å². The summed E-state index contributed by atoms with van der Waals surface area (Å²) in [4.78, 5) is 12.5. The molecule has 2 aliphatic heterocycles. The molecule has 9 heteroatoms. The number of esters is 1. The van der Waals surface area contributed by atoms with E-state index in [1.807, 2.05) is 26.8 Å². The molecule has 7 nitrogen and oxygen atoms in total. The van der Waals surface area contributed by atoms with Crippen molar-refractivity contribution in [2.24, 2.45) is 29.1 Å². The summed E-state index contributed by atoms with van der Waals surface area (Å²) < 4.78 is 52.9. The van der Waals surface area contributed by atoms with Gasteiger partial charge in [0.15, 0.2) is 18.2 Å². The Morgan fingerprint density at radius 3 is 2.28 bits per heavy atom. The van der Waals surface area contributed by atoms with Crippen LogP contribution in [0.4, 0.5) is 0 Å². The molecule has 2 heterocycles. The Kier molecular flexibility index (Phi) is 13.6. The van der Waals surface area contributed by atoms with Gasteiger partial charge in [0.05, 0.1) is 47.1 Å². The standard InChI is InChI=1S/C38H64O7SSi/c1-26(24-43-47(11,12)38(8,9)10)21-33-29(4)32(25-46(40,41)31-18-14-13-15-19-31)35(45-33)23-34-28(3)27(2)22-30(44-34)17-16-20-42-36(39)37(5,6)7/h13-15,18-19,26-27,29-30,32-35H,3,16-17,20-25H2,1-2,4-12H3/t26-,27+,29+,30-,32+,33+,34+,35?/m0/s1. The Hall–Kier alpha value is -1.52. The molecule has 0 bridgehead atoms. The maximum absolute atomic E-state index is 13.7. The van der Waals surface area contributed by atoms with Gasteiger partial charge in [0.25, 0.3) is 0 Å². The first-order valence-electron chi connectivity index (χ1n) is 17.7. The van der Waals surface area contributed by atoms with Crippen molar-refractivity contribution >= 4 is 24.1 Å². The summed E-state index contributed by atoms with van der Waals surface area (Å²) in [7, 11) is -5.40. The molecule has 0 radical (unpaired) electrons. The summed E-state index contributed by atoms with van der Waals surface area (Å²) in [5, 5.41) is 0.139. The maximum Gasteiger partial charge on any atom is 0.311 e. The number of benzene rings is 1. The predicted octanol–water partition coefficient (Wildman–Crippen LogP) is 8.64. The molecule has 2 aliphatic rings. The monoisotopic (exact) mass is 692 g/mol. The lowest BCUT2D eigenvalue weighted by Crippen LogP contribution is -2.42. The first kappa shape index (κ1) is 39.9. The Morgan fingerprint density at radius 2 is 1.68 bits per heavy atom. The Morgan fingerprint density at radius 1 is 1.04 bits per heavy atom. The van der Waals surface area contributed by atoms with Gasteiger partial charge < -0.3 is 18.6 Å². The quantitative estimate of drug-likeness (QED) is 0.0835. The van der Waals surface area contributed by atoms with E-state index in [1.54, 1.807) is 24.3 Å². The lowest BCUT2D eigenvalue weighted by molar-refractivity contribution is -0.153. The number of carbonyl (C=O) groups excluding carboxylic acids is 1. The van der Waals surface area contributed by atoms with Gasteiger partial charge in [-0.1, -0.05) is 66.3 Å². The van der Waals surface area contributed by atoms with Crippen LogP contribution in [0.1, 0.15) is 94.4 Å². The number of hydrogen-bond donors (Lipinski definition) is 0. The zero-order valence-corrected chi connectivity index (χ0v) is 33.0. The molecular weight excluding hydrogens is 629 g/mol. The van der Waals surface area contributed by atoms with E-state index in [4.69, 9.17) is 18.6 Å². The van der Waals surface area contributed by atoms with E-state index in [9.17, 15) is 13.2 Å². The molecule has 0 spiro atoms. The molecule has 0 aliphatic carbocycles. The van der Waals surface area contributed by atoms with Crippen molar-refractivity contribution in [3.8, 4) is 0 Å². The van der Waals surface area contributed by atoms with Crippen LogP contribution in [0.5, 0.6) is 0 Å². The molecule has 8 atom stereocenters. The highest BCUT2D eigenvalue weighted by atomic mass is 32.2. The van der Waals surface area contributed by atoms with E-state index in [2.05, 4.69) is 61.2 Å². The second kappa shape index (κ2) is 16.0. The highest BCUT2D eigenvalue weighted by Crippen LogP contribution is 2.43. The van der Waals surface area contributed by atoms with Gasteiger partial charge in [0.1, 0.15) is 0 Å². The Bertz CT molecular complexity index is 1280. The number of sulfone groups is 1. The maximum atomic E-state index is 13.7. The number of rotatable bonds is 14. The summed E-state index contributed by atoms with van der Waals surface area (Å²) in [6, 6.07) is 8.75. The van der Waals surface area contributed by atoms with E-state index in [1.165, 1.54) is 0 Å². The van der Waals surface area contributed by atoms with Gasteiger partial charge in [0.2, 0.25) is 0 Å². The van der Waals surface area contributed by atoms with Gasteiger partial charge in [-0.2, -0.15) is 0 Å². The third-order valence-electron chi connectivity index (χ3n) is 10.8. The molecule has 1 aromatic carbocycles. The molecule has 0 aromatic heterocycles. The Balaban J connectivity index is 1.73. The minimum atomic E-state index is -3.52. The second-order valence-corrected chi connectivity index (χ2v) is 23.8. The fourth-order valence-electron chi connectivity index (χ4n) is 6.37. The van der Waals surface area contributed by atoms with E-state index < -0.39 is 23.6 Å². The molecule has 2 fully saturated rings. The third kappa shape index (κ3) is 11.0. The lowest BCUT2D eigenvalue weighted by atomic mass is 9.82. The van der Waals surface area contributed by atoms with Crippen LogP contribution in [0.15, 0.2) is 47.4 Å². The predicted molar refractivity (Wildman–Crippen MR) is 193 cm³/mol. The smallest absolute Gasteiger partial charge is 0.311 e. The van der Waals surface area contributed by atoms with Crippen molar-refractivity contribution in [1.82, 2.24) is 0 Å². The summed E-state index contributed by atoms with van der Waals surface area (Å²) >= 11 is 0. The van der Waals surface area contributed by atoms with Gasteiger partial charge in [-0.3, -0.25) is 4.79 Å². The molecule has 2 saturated heterocycles. The molecular formula is C38H64O7SSi. The number of hydrogen-bond acceptors (Lipinski definition) is 7. The first-order chi connectivity index (χ1) is 21.6. The molecule has 3 rings (SSSR count). The second-order valence-electron chi connectivity index (χ2n) is 17.0. The van der Waals surface area contributed by atoms with Gasteiger partial charge >= 0.3 is 5.97 Å². The van der Waals surface area contributed by atoms with Crippen molar-refractivity contribution in [3.05, 3.63) is 42.5 Å².